The van der Waals surface area contributed by atoms with Gasteiger partial charge in [-0.1, -0.05) is 6.07 Å². The van der Waals surface area contributed by atoms with Crippen LogP contribution in [0.2, 0.25) is 0 Å². The first kappa shape index (κ1) is 12.3. The maximum atomic E-state index is 9.02. The zero-order chi connectivity index (χ0) is 12.4. The van der Waals surface area contributed by atoms with E-state index in [1.807, 2.05) is 35.9 Å². The van der Waals surface area contributed by atoms with Crippen LogP contribution in [0.25, 0.3) is 5.69 Å². The Kier molecular flexibility index (Phi) is 3.61. The highest BCUT2D eigenvalue weighted by Crippen LogP contribution is 2.25. The minimum Gasteiger partial charge on any atom is -0.394 e. The van der Waals surface area contributed by atoms with Crippen molar-refractivity contribution < 1.29 is 5.11 Å². The molecule has 0 aliphatic carbocycles. The molecule has 0 saturated heterocycles. The van der Waals surface area contributed by atoms with Crippen LogP contribution in [0.1, 0.15) is 17.4 Å². The third kappa shape index (κ3) is 2.41. The number of aryl methyl sites for hydroxylation is 1. The number of hydrogen-bond acceptors (Lipinski definition) is 3. The van der Waals surface area contributed by atoms with Crippen LogP contribution in [0.15, 0.2) is 35.1 Å². The SMILES string of the molecule is Cc1nccn1-c1ccc(C(N)CO)cc1Br. The van der Waals surface area contributed by atoms with E-state index in [2.05, 4.69) is 20.9 Å². The molecule has 5 heteroatoms. The van der Waals surface area contributed by atoms with Crippen LogP contribution < -0.4 is 5.73 Å². The summed E-state index contributed by atoms with van der Waals surface area (Å²) in [7, 11) is 0. The van der Waals surface area contributed by atoms with E-state index >= 15 is 0 Å². The maximum Gasteiger partial charge on any atom is 0.110 e. The lowest BCUT2D eigenvalue weighted by Gasteiger charge is -2.12. The van der Waals surface area contributed by atoms with Gasteiger partial charge in [0.05, 0.1) is 18.3 Å². The number of aromatic nitrogens is 2. The number of rotatable bonds is 3. The fourth-order valence-corrected chi connectivity index (χ4v) is 2.27. The molecule has 90 valence electrons. The molecule has 0 saturated carbocycles. The van der Waals surface area contributed by atoms with Crippen molar-refractivity contribution in [2.24, 2.45) is 5.73 Å². The summed E-state index contributed by atoms with van der Waals surface area (Å²) in [4.78, 5) is 4.19. The summed E-state index contributed by atoms with van der Waals surface area (Å²) in [6.45, 7) is 1.88. The van der Waals surface area contributed by atoms with Gasteiger partial charge in [-0.2, -0.15) is 0 Å². The maximum absolute atomic E-state index is 9.02. The van der Waals surface area contributed by atoms with Gasteiger partial charge in [-0.25, -0.2) is 4.98 Å². The van der Waals surface area contributed by atoms with Crippen LogP contribution in [0, 0.1) is 6.92 Å². The average molecular weight is 296 g/mol. The summed E-state index contributed by atoms with van der Waals surface area (Å²) in [5.41, 5.74) is 7.68. The molecule has 1 aromatic heterocycles. The molecule has 17 heavy (non-hydrogen) atoms. The molecule has 2 rings (SSSR count). The number of imidazole rings is 1. The molecule has 0 aliphatic rings. The highest BCUT2D eigenvalue weighted by molar-refractivity contribution is 9.10. The number of aliphatic hydroxyl groups is 1. The molecule has 0 aliphatic heterocycles. The van der Waals surface area contributed by atoms with Crippen molar-refractivity contribution in [3.63, 3.8) is 0 Å². The van der Waals surface area contributed by atoms with Crippen LogP contribution in [0.5, 0.6) is 0 Å². The fraction of sp³-hybridized carbons (Fsp3) is 0.250. The van der Waals surface area contributed by atoms with E-state index in [0.29, 0.717) is 0 Å². The molecule has 1 aromatic carbocycles. The van der Waals surface area contributed by atoms with Crippen LogP contribution in [-0.4, -0.2) is 21.3 Å². The second-order valence-corrected chi connectivity index (χ2v) is 4.70. The van der Waals surface area contributed by atoms with Crippen molar-refractivity contribution in [1.29, 1.82) is 0 Å². The number of hydrogen-bond donors (Lipinski definition) is 2. The van der Waals surface area contributed by atoms with Gasteiger partial charge in [-0.15, -0.1) is 0 Å². The Bertz CT molecular complexity index is 524. The molecule has 1 unspecified atom stereocenters. The minimum atomic E-state index is -0.343. The topological polar surface area (TPSA) is 64.1 Å². The van der Waals surface area contributed by atoms with Crippen LogP contribution in [-0.2, 0) is 0 Å². The highest BCUT2D eigenvalue weighted by atomic mass is 79.9. The van der Waals surface area contributed by atoms with Crippen LogP contribution in [0.4, 0.5) is 0 Å². The van der Waals surface area contributed by atoms with Gasteiger partial charge in [0.2, 0.25) is 0 Å². The Morgan fingerprint density at radius 2 is 2.29 bits per heavy atom. The van der Waals surface area contributed by atoms with Gasteiger partial charge < -0.3 is 15.4 Å². The Balaban J connectivity index is 2.42. The quantitative estimate of drug-likeness (QED) is 0.909. The fourth-order valence-electron chi connectivity index (χ4n) is 1.69. The Morgan fingerprint density at radius 1 is 1.53 bits per heavy atom. The number of halogens is 1. The van der Waals surface area contributed by atoms with E-state index in [1.165, 1.54) is 0 Å². The minimum absolute atomic E-state index is 0.0596. The van der Waals surface area contributed by atoms with E-state index in [0.717, 1.165) is 21.5 Å². The Morgan fingerprint density at radius 3 is 2.82 bits per heavy atom. The van der Waals surface area contributed by atoms with Gasteiger partial charge in [0, 0.05) is 16.9 Å². The van der Waals surface area contributed by atoms with Crippen LogP contribution in [0.3, 0.4) is 0 Å². The van der Waals surface area contributed by atoms with Gasteiger partial charge in [-0.05, 0) is 40.5 Å². The number of aliphatic hydroxyl groups excluding tert-OH is 1. The van der Waals surface area contributed by atoms with Gasteiger partial charge >= 0.3 is 0 Å². The Hall–Kier alpha value is -1.17. The van der Waals surface area contributed by atoms with Crippen LogP contribution >= 0.6 is 15.9 Å². The lowest BCUT2D eigenvalue weighted by Crippen LogP contribution is -2.14. The molecular weight excluding hydrogens is 282 g/mol. The number of nitrogens with two attached hydrogens (primary N) is 1. The molecule has 1 heterocycles. The molecule has 0 amide bonds. The predicted molar refractivity (Wildman–Crippen MR) is 70.0 cm³/mol. The predicted octanol–water partition coefficient (Wildman–Crippen LogP) is 1.94. The number of nitrogens with zero attached hydrogens (tertiary/aromatic N) is 2. The zero-order valence-electron chi connectivity index (χ0n) is 9.47. The van der Waals surface area contributed by atoms with Gasteiger partial charge in [0.1, 0.15) is 5.82 Å². The highest BCUT2D eigenvalue weighted by Gasteiger charge is 2.09. The molecule has 0 bridgehead atoms. The first-order chi connectivity index (χ1) is 8.13. The van der Waals surface area contributed by atoms with Gasteiger partial charge in [0.25, 0.3) is 0 Å². The van der Waals surface area contributed by atoms with E-state index < -0.39 is 0 Å². The first-order valence-corrected chi connectivity index (χ1v) is 6.09. The van der Waals surface area contributed by atoms with E-state index in [-0.39, 0.29) is 12.6 Å². The number of benzene rings is 1. The largest absolute Gasteiger partial charge is 0.394 e. The summed E-state index contributed by atoms with van der Waals surface area (Å²) < 4.78 is 2.92. The van der Waals surface area contributed by atoms with Crippen molar-refractivity contribution in [3.05, 3.63) is 46.5 Å². The van der Waals surface area contributed by atoms with Crippen molar-refractivity contribution >= 4 is 15.9 Å². The second kappa shape index (κ2) is 5.00. The molecular formula is C12H14BrN3O. The van der Waals surface area contributed by atoms with E-state index in [1.54, 1.807) is 6.20 Å². The van der Waals surface area contributed by atoms with Gasteiger partial charge in [-0.3, -0.25) is 0 Å². The van der Waals surface area contributed by atoms with E-state index in [9.17, 15) is 0 Å². The smallest absolute Gasteiger partial charge is 0.110 e. The summed E-state index contributed by atoms with van der Waals surface area (Å²) in [6.07, 6.45) is 3.66. The average Bonchev–Trinajstić information content (AvgIpc) is 2.74. The molecule has 0 fully saturated rings. The summed E-state index contributed by atoms with van der Waals surface area (Å²) in [6, 6.07) is 5.46. The lowest BCUT2D eigenvalue weighted by atomic mass is 10.1. The van der Waals surface area contributed by atoms with Gasteiger partial charge in [0.15, 0.2) is 0 Å². The molecule has 3 N–H and O–H groups in total. The third-order valence-electron chi connectivity index (χ3n) is 2.68. The first-order valence-electron chi connectivity index (χ1n) is 5.29. The summed E-state index contributed by atoms with van der Waals surface area (Å²) >= 11 is 3.51. The van der Waals surface area contributed by atoms with Crippen molar-refractivity contribution in [3.8, 4) is 5.69 Å². The monoisotopic (exact) mass is 295 g/mol. The molecule has 4 nitrogen and oxygen atoms in total. The summed E-state index contributed by atoms with van der Waals surface area (Å²) in [5, 5.41) is 9.02. The normalized spacial score (nSPS) is 12.7. The van der Waals surface area contributed by atoms with E-state index in [4.69, 9.17) is 10.8 Å². The Labute approximate surface area is 108 Å². The lowest BCUT2D eigenvalue weighted by molar-refractivity contribution is 0.268. The van der Waals surface area contributed by atoms with Crippen molar-refractivity contribution in [1.82, 2.24) is 9.55 Å². The zero-order valence-corrected chi connectivity index (χ0v) is 11.1. The second-order valence-electron chi connectivity index (χ2n) is 3.84. The van der Waals surface area contributed by atoms with Crippen molar-refractivity contribution in [2.75, 3.05) is 6.61 Å². The standard InChI is InChI=1S/C12H14BrN3O/c1-8-15-4-5-16(8)12-3-2-9(6-10(12)13)11(14)7-17/h2-6,11,17H,7,14H2,1H3. The summed E-state index contributed by atoms with van der Waals surface area (Å²) in [5.74, 6) is 0.921. The molecule has 1 atom stereocenters. The third-order valence-corrected chi connectivity index (χ3v) is 3.32. The van der Waals surface area contributed by atoms with Crippen molar-refractivity contribution in [2.45, 2.75) is 13.0 Å². The molecule has 2 aromatic rings. The molecule has 0 radical (unpaired) electrons. The molecule has 0 spiro atoms.